The van der Waals surface area contributed by atoms with Gasteiger partial charge in [-0.2, -0.15) is 0 Å². The third-order valence-electron chi connectivity index (χ3n) is 7.56. The van der Waals surface area contributed by atoms with Crippen LogP contribution in [0.3, 0.4) is 0 Å². The number of nitrogens with zero attached hydrogens (tertiary/aromatic N) is 6. The van der Waals surface area contributed by atoms with Crippen LogP contribution in [0.4, 0.5) is 5.69 Å². The summed E-state index contributed by atoms with van der Waals surface area (Å²) in [5, 5.41) is 42.9. The molecule has 0 aromatic heterocycles. The Morgan fingerprint density at radius 3 is 1.56 bits per heavy atom. The van der Waals surface area contributed by atoms with E-state index in [-0.39, 0.29) is 148 Å². The fourth-order valence-corrected chi connectivity index (χ4v) is 5.07. The summed E-state index contributed by atoms with van der Waals surface area (Å²) < 4.78 is 0. The van der Waals surface area contributed by atoms with Crippen molar-refractivity contribution < 1.29 is 84.2 Å². The molecule has 1 radical (unpaired) electrons. The number of carbonyl (C=O) groups is 5. The number of ketones is 1. The van der Waals surface area contributed by atoms with Gasteiger partial charge in [0.1, 0.15) is 0 Å². The Morgan fingerprint density at radius 2 is 1.18 bits per heavy atom. The first-order valence-electron chi connectivity index (χ1n) is 14.4. The van der Waals surface area contributed by atoms with Gasteiger partial charge in [0.15, 0.2) is 5.78 Å². The average Bonchev–Trinajstić information content (AvgIpc) is 3.78. The number of hydrogen-bond donors (Lipinski definition) is 1. The molecule has 1 amide bonds. The summed E-state index contributed by atoms with van der Waals surface area (Å²) in [4.78, 5) is 79.0. The number of carboxylic acid groups (broad SMARTS) is 3. The maximum absolute atomic E-state index is 13.5. The van der Waals surface area contributed by atoms with Gasteiger partial charge in [0.2, 0.25) is 5.91 Å². The Kier molecular flexibility index (Phi) is 16.3. The molecule has 3 rings (SSSR count). The van der Waals surface area contributed by atoms with Gasteiger partial charge in [-0.05, 0) is 18.4 Å². The Labute approximate surface area is 292 Å². The van der Waals surface area contributed by atoms with E-state index in [1.165, 1.54) is 29.2 Å². The molecule has 0 atom stereocenters. The number of Topliss-reactive ketones (excluding diaryl/α,β-unsaturated/α-hetero) is 1. The summed E-state index contributed by atoms with van der Waals surface area (Å²) in [5.74, 6) is -4.16. The van der Waals surface area contributed by atoms with E-state index in [4.69, 9.17) is 0 Å². The molecule has 1 N–H and O–H groups in total. The summed E-state index contributed by atoms with van der Waals surface area (Å²) in [6.45, 7) is 0.594. The van der Waals surface area contributed by atoms with Crippen LogP contribution < -0.4 is 10.2 Å². The van der Waals surface area contributed by atoms with Crippen LogP contribution in [0.1, 0.15) is 18.4 Å². The first-order valence-corrected chi connectivity index (χ1v) is 14.4. The predicted octanol–water partition coefficient (Wildman–Crippen LogP) is -3.50. The Hall–Kier alpha value is -2.67. The van der Waals surface area contributed by atoms with Crippen molar-refractivity contribution >= 4 is 35.3 Å². The van der Waals surface area contributed by atoms with Gasteiger partial charge in [0.05, 0.1) is 36.5 Å². The van der Waals surface area contributed by atoms with Crippen LogP contribution in [0.5, 0.6) is 0 Å². The van der Waals surface area contributed by atoms with Gasteiger partial charge in [0, 0.05) is 90.0 Å². The summed E-state index contributed by atoms with van der Waals surface area (Å²) >= 11 is 0. The molecule has 1 saturated heterocycles. The Morgan fingerprint density at radius 1 is 0.756 bits per heavy atom. The van der Waals surface area contributed by atoms with E-state index in [1.54, 1.807) is 19.6 Å². The van der Waals surface area contributed by atoms with Crippen LogP contribution in [0.2, 0.25) is 0 Å². The van der Waals surface area contributed by atoms with Crippen LogP contribution in [-0.2, 0) is 30.4 Å². The minimum Gasteiger partial charge on any atom is -0.549 e. The Bertz CT molecular complexity index is 1170. The minimum atomic E-state index is -1.30. The summed E-state index contributed by atoms with van der Waals surface area (Å²) in [7, 11) is 0. The number of nitro benzene ring substituents is 1. The summed E-state index contributed by atoms with van der Waals surface area (Å²) in [6.07, 6.45) is 1.52. The Balaban J connectivity index is 0.00000705. The number of carbonyl (C=O) groups excluding carboxylic acids is 4. The van der Waals surface area contributed by atoms with Crippen LogP contribution in [0.15, 0.2) is 24.3 Å². The number of carboxylic acids is 3. The molecule has 16 nitrogen and oxygen atoms in total. The van der Waals surface area contributed by atoms with Crippen LogP contribution in [-0.4, -0.2) is 155 Å². The van der Waals surface area contributed by atoms with E-state index in [2.05, 4.69) is 0 Å². The van der Waals surface area contributed by atoms with E-state index in [0.29, 0.717) is 5.56 Å². The van der Waals surface area contributed by atoms with Gasteiger partial charge in [-0.3, -0.25) is 44.1 Å². The molecule has 1 aromatic carbocycles. The van der Waals surface area contributed by atoms with Crippen molar-refractivity contribution in [1.82, 2.24) is 24.5 Å². The van der Waals surface area contributed by atoms with E-state index < -0.39 is 29.4 Å². The van der Waals surface area contributed by atoms with Gasteiger partial charge in [-0.25, -0.2) is 0 Å². The van der Waals surface area contributed by atoms with E-state index in [1.807, 2.05) is 0 Å². The molecule has 45 heavy (non-hydrogen) atoms. The zero-order valence-corrected chi connectivity index (χ0v) is 27.1. The van der Waals surface area contributed by atoms with Crippen LogP contribution in [0, 0.1) is 50.1 Å². The second-order valence-corrected chi connectivity index (χ2v) is 11.1. The maximum atomic E-state index is 13.5. The van der Waals surface area contributed by atoms with E-state index >= 15 is 0 Å². The normalized spacial score (nSPS) is 17.7. The van der Waals surface area contributed by atoms with Gasteiger partial charge in [-0.1, -0.05) is 12.1 Å². The monoisotopic (exact) mass is 776 g/mol. The van der Waals surface area contributed by atoms with Crippen molar-refractivity contribution in [2.24, 2.45) is 0 Å². The molecule has 17 heteroatoms. The molecule has 0 unspecified atom stereocenters. The van der Waals surface area contributed by atoms with Crippen molar-refractivity contribution in [3.63, 3.8) is 0 Å². The van der Waals surface area contributed by atoms with Gasteiger partial charge < -0.3 is 29.8 Å². The van der Waals surface area contributed by atoms with Crippen LogP contribution in [0.25, 0.3) is 0 Å². The van der Waals surface area contributed by atoms with E-state index in [0.717, 1.165) is 12.8 Å². The number of rotatable bonds is 14. The van der Waals surface area contributed by atoms with Crippen LogP contribution >= 0.6 is 0 Å². The molecular weight excluding hydrogens is 738 g/mol. The molecule has 2 fully saturated rings. The van der Waals surface area contributed by atoms with Crippen molar-refractivity contribution in [2.45, 2.75) is 25.3 Å². The van der Waals surface area contributed by atoms with Gasteiger partial charge >= 0.3 is 45.9 Å². The molecule has 0 spiro atoms. The number of aliphatic carboxylic acids is 3. The number of hydrogen-bond acceptors (Lipinski definition) is 13. The molecule has 1 heterocycles. The fraction of sp³-hybridized carbons (Fsp3) is 0.607. The zero-order chi connectivity index (χ0) is 32.2. The predicted molar refractivity (Wildman–Crippen MR) is 150 cm³/mol. The standard InChI is InChI=1S/C28H40N6O10.Gd/c35-24(15-21-1-3-23(4-2-21)34(43)44)16-33(22-5-6-22)25(36)17-29-7-9-30(18-26(37)38)11-13-32(20-28(41)42)14-12-31(10-8-29)19-27(39)40;/h1-4,22H,5-20H2,(H,37,38)(H,39,40)(H,41,42);/q;+3/p-2. The maximum Gasteiger partial charge on any atom is 3.00 e. The van der Waals surface area contributed by atoms with Crippen molar-refractivity contribution in [2.75, 3.05) is 85.1 Å². The largest absolute Gasteiger partial charge is 3.00 e. The number of nitro groups is 1. The van der Waals surface area contributed by atoms with Crippen molar-refractivity contribution in [1.29, 1.82) is 0 Å². The van der Waals surface area contributed by atoms with Crippen molar-refractivity contribution in [3.05, 3.63) is 39.9 Å². The molecular formula is C28H38GdN6O10+. The summed E-state index contributed by atoms with van der Waals surface area (Å²) in [6, 6.07) is 5.58. The minimum absolute atomic E-state index is 0. The number of benzene rings is 1. The number of amides is 1. The van der Waals surface area contributed by atoms with E-state index in [9.17, 15) is 49.4 Å². The summed E-state index contributed by atoms with van der Waals surface area (Å²) in [5.41, 5.74) is 0.508. The van der Waals surface area contributed by atoms with Crippen molar-refractivity contribution in [3.8, 4) is 0 Å². The SMILES string of the molecule is O=C([O-])CN1CCN(CC(=O)[O-])CCN(CC(=O)N(CC(=O)Cc2ccc([N+](=O)[O-])cc2)C2CC2)CCN(CC(=O)O)CC1.[Gd+3]. The second kappa shape index (κ2) is 19.1. The third-order valence-corrected chi connectivity index (χ3v) is 7.56. The smallest absolute Gasteiger partial charge is 0.549 e. The third kappa shape index (κ3) is 14.5. The first kappa shape index (κ1) is 38.5. The quantitative estimate of drug-likeness (QED) is 0.144. The molecule has 1 aromatic rings. The van der Waals surface area contributed by atoms with Gasteiger partial charge in [0.25, 0.3) is 5.69 Å². The average molecular weight is 776 g/mol. The molecule has 1 aliphatic heterocycles. The molecule has 2 aliphatic rings. The number of non-ortho nitro benzene ring substituents is 1. The molecule has 247 valence electrons. The topological polar surface area (TPSA) is 211 Å². The molecule has 1 saturated carbocycles. The zero-order valence-electron chi connectivity index (χ0n) is 24.9. The molecule has 0 bridgehead atoms. The fourth-order valence-electron chi connectivity index (χ4n) is 5.07. The first-order chi connectivity index (χ1) is 20.9. The molecule has 1 aliphatic carbocycles. The second-order valence-electron chi connectivity index (χ2n) is 11.1. The van der Waals surface area contributed by atoms with Gasteiger partial charge in [-0.15, -0.1) is 0 Å².